The Hall–Kier alpha value is -0.860. The summed E-state index contributed by atoms with van der Waals surface area (Å²) in [5, 5.41) is 14.5. The molecule has 108 valence electrons. The van der Waals surface area contributed by atoms with E-state index in [9.17, 15) is 5.11 Å². The molecule has 0 radical (unpaired) electrons. The molecule has 1 unspecified atom stereocenters. The SMILES string of the molecule is CC(C)CC1(C(O)c2csc3ccccc23)CCCC1. The lowest BCUT2D eigenvalue weighted by Crippen LogP contribution is -2.27. The molecule has 1 N–H and O–H groups in total. The highest BCUT2D eigenvalue weighted by Crippen LogP contribution is 2.53. The van der Waals surface area contributed by atoms with Crippen molar-refractivity contribution in [3.8, 4) is 0 Å². The third-order valence-corrected chi connectivity index (χ3v) is 5.78. The minimum absolute atomic E-state index is 0.109. The normalized spacial score (nSPS) is 19.8. The lowest BCUT2D eigenvalue weighted by molar-refractivity contribution is 0.0125. The second-order valence-electron chi connectivity index (χ2n) is 6.76. The summed E-state index contributed by atoms with van der Waals surface area (Å²) < 4.78 is 1.29. The van der Waals surface area contributed by atoms with Crippen molar-refractivity contribution in [3.05, 3.63) is 35.2 Å². The molecule has 3 rings (SSSR count). The Labute approximate surface area is 125 Å². The number of thiophene rings is 1. The van der Waals surface area contributed by atoms with Crippen molar-refractivity contribution in [2.24, 2.45) is 11.3 Å². The first-order valence-electron chi connectivity index (χ1n) is 7.77. The highest BCUT2D eigenvalue weighted by atomic mass is 32.1. The van der Waals surface area contributed by atoms with Gasteiger partial charge in [0.2, 0.25) is 0 Å². The van der Waals surface area contributed by atoms with Gasteiger partial charge in [-0.25, -0.2) is 0 Å². The van der Waals surface area contributed by atoms with Crippen LogP contribution in [0.3, 0.4) is 0 Å². The van der Waals surface area contributed by atoms with Crippen molar-refractivity contribution >= 4 is 21.4 Å². The van der Waals surface area contributed by atoms with Gasteiger partial charge >= 0.3 is 0 Å². The number of aliphatic hydroxyl groups is 1. The number of rotatable bonds is 4. The van der Waals surface area contributed by atoms with E-state index in [1.807, 2.05) is 0 Å². The molecule has 1 fully saturated rings. The summed E-state index contributed by atoms with van der Waals surface area (Å²) in [6.07, 6.45) is 5.73. The molecule has 1 saturated carbocycles. The molecule has 1 heterocycles. The molecule has 0 saturated heterocycles. The maximum Gasteiger partial charge on any atom is 0.0860 e. The van der Waals surface area contributed by atoms with Crippen molar-refractivity contribution in [2.75, 3.05) is 0 Å². The van der Waals surface area contributed by atoms with E-state index in [1.54, 1.807) is 11.3 Å². The van der Waals surface area contributed by atoms with Crippen LogP contribution in [0.1, 0.15) is 57.6 Å². The molecule has 0 bridgehead atoms. The zero-order valence-electron chi connectivity index (χ0n) is 12.4. The summed E-state index contributed by atoms with van der Waals surface area (Å²) in [5.41, 5.74) is 1.27. The fourth-order valence-electron chi connectivity index (χ4n) is 4.02. The van der Waals surface area contributed by atoms with Crippen LogP contribution in [-0.2, 0) is 0 Å². The lowest BCUT2D eigenvalue weighted by Gasteiger charge is -2.36. The molecule has 2 heteroatoms. The number of fused-ring (bicyclic) bond motifs is 1. The quantitative estimate of drug-likeness (QED) is 0.783. The zero-order valence-corrected chi connectivity index (χ0v) is 13.2. The molecule has 1 aromatic heterocycles. The Bertz CT molecular complexity index is 578. The van der Waals surface area contributed by atoms with Crippen molar-refractivity contribution < 1.29 is 5.11 Å². The van der Waals surface area contributed by atoms with Gasteiger partial charge in [0.15, 0.2) is 0 Å². The van der Waals surface area contributed by atoms with Crippen LogP contribution in [0.25, 0.3) is 10.1 Å². The Morgan fingerprint density at radius 1 is 1.20 bits per heavy atom. The van der Waals surface area contributed by atoms with Crippen LogP contribution in [0, 0.1) is 11.3 Å². The fourth-order valence-corrected chi connectivity index (χ4v) is 5.00. The van der Waals surface area contributed by atoms with Gasteiger partial charge < -0.3 is 5.11 Å². The molecule has 0 aliphatic heterocycles. The molecule has 2 aromatic rings. The number of benzene rings is 1. The van der Waals surface area contributed by atoms with Crippen LogP contribution in [0.5, 0.6) is 0 Å². The van der Waals surface area contributed by atoms with Crippen LogP contribution < -0.4 is 0 Å². The smallest absolute Gasteiger partial charge is 0.0860 e. The van der Waals surface area contributed by atoms with Crippen molar-refractivity contribution in [1.29, 1.82) is 0 Å². The number of hydrogen-bond donors (Lipinski definition) is 1. The topological polar surface area (TPSA) is 20.2 Å². The van der Waals surface area contributed by atoms with Crippen LogP contribution in [-0.4, -0.2) is 5.11 Å². The summed E-state index contributed by atoms with van der Waals surface area (Å²) in [6.45, 7) is 4.55. The van der Waals surface area contributed by atoms with Gasteiger partial charge in [0, 0.05) is 10.1 Å². The van der Waals surface area contributed by atoms with Crippen LogP contribution in [0.2, 0.25) is 0 Å². The molecule has 0 spiro atoms. The highest BCUT2D eigenvalue weighted by molar-refractivity contribution is 7.17. The van der Waals surface area contributed by atoms with Crippen molar-refractivity contribution in [3.63, 3.8) is 0 Å². The third-order valence-electron chi connectivity index (χ3n) is 4.80. The predicted octanol–water partition coefficient (Wildman–Crippen LogP) is 5.54. The Morgan fingerprint density at radius 3 is 2.60 bits per heavy atom. The highest BCUT2D eigenvalue weighted by Gasteiger charge is 2.42. The average Bonchev–Trinajstić information content (AvgIpc) is 3.04. The Morgan fingerprint density at radius 2 is 1.90 bits per heavy atom. The third kappa shape index (κ3) is 2.40. The summed E-state index contributed by atoms with van der Waals surface area (Å²) >= 11 is 1.76. The van der Waals surface area contributed by atoms with Crippen LogP contribution >= 0.6 is 11.3 Å². The monoisotopic (exact) mass is 288 g/mol. The first-order valence-corrected chi connectivity index (χ1v) is 8.64. The minimum atomic E-state index is -0.302. The Balaban J connectivity index is 1.99. The molecule has 1 aromatic carbocycles. The summed E-state index contributed by atoms with van der Waals surface area (Å²) in [4.78, 5) is 0. The lowest BCUT2D eigenvalue weighted by atomic mass is 9.72. The number of aliphatic hydroxyl groups excluding tert-OH is 1. The van der Waals surface area contributed by atoms with Gasteiger partial charge in [0.25, 0.3) is 0 Å². The fraction of sp³-hybridized carbons (Fsp3) is 0.556. The molecule has 20 heavy (non-hydrogen) atoms. The van der Waals surface area contributed by atoms with Crippen molar-refractivity contribution in [2.45, 2.75) is 52.1 Å². The van der Waals surface area contributed by atoms with Gasteiger partial charge in [-0.15, -0.1) is 11.3 Å². The van der Waals surface area contributed by atoms with E-state index in [4.69, 9.17) is 0 Å². The van der Waals surface area contributed by atoms with E-state index >= 15 is 0 Å². The van der Waals surface area contributed by atoms with Crippen molar-refractivity contribution in [1.82, 2.24) is 0 Å². The molecular weight excluding hydrogens is 264 g/mol. The second kappa shape index (κ2) is 5.50. The molecular formula is C18H24OS. The predicted molar refractivity (Wildman–Crippen MR) is 87.1 cm³/mol. The van der Waals surface area contributed by atoms with Crippen LogP contribution in [0.4, 0.5) is 0 Å². The molecule has 1 aliphatic carbocycles. The van der Waals surface area contributed by atoms with Gasteiger partial charge in [-0.2, -0.15) is 0 Å². The summed E-state index contributed by atoms with van der Waals surface area (Å²) in [7, 11) is 0. The largest absolute Gasteiger partial charge is 0.388 e. The second-order valence-corrected chi connectivity index (χ2v) is 7.67. The van der Waals surface area contributed by atoms with E-state index in [0.29, 0.717) is 5.92 Å². The van der Waals surface area contributed by atoms with Crippen LogP contribution in [0.15, 0.2) is 29.6 Å². The Kier molecular flexibility index (Phi) is 3.87. The summed E-state index contributed by atoms with van der Waals surface area (Å²) in [5.74, 6) is 0.646. The summed E-state index contributed by atoms with van der Waals surface area (Å²) in [6, 6.07) is 8.46. The average molecular weight is 288 g/mol. The standard InChI is InChI=1S/C18H24OS/c1-13(2)11-18(9-5-6-10-18)17(19)15-12-20-16-8-4-3-7-14(15)16/h3-4,7-8,12-13,17,19H,5-6,9-11H2,1-2H3. The van der Waals surface area contributed by atoms with E-state index in [-0.39, 0.29) is 11.5 Å². The zero-order chi connectivity index (χ0) is 14.2. The first-order chi connectivity index (χ1) is 9.62. The van der Waals surface area contributed by atoms with Gasteiger partial charge in [-0.05, 0) is 47.6 Å². The van der Waals surface area contributed by atoms with E-state index in [1.165, 1.54) is 35.8 Å². The number of hydrogen-bond acceptors (Lipinski definition) is 2. The minimum Gasteiger partial charge on any atom is -0.388 e. The van der Waals surface area contributed by atoms with Gasteiger partial charge in [0.05, 0.1) is 6.10 Å². The van der Waals surface area contributed by atoms with E-state index in [2.05, 4.69) is 43.5 Å². The molecule has 1 aliphatic rings. The van der Waals surface area contributed by atoms with Gasteiger partial charge in [-0.1, -0.05) is 44.9 Å². The first kappa shape index (κ1) is 14.1. The molecule has 1 nitrogen and oxygen atoms in total. The van der Waals surface area contributed by atoms with Gasteiger partial charge in [-0.3, -0.25) is 0 Å². The van der Waals surface area contributed by atoms with E-state index in [0.717, 1.165) is 12.0 Å². The molecule has 0 amide bonds. The maximum atomic E-state index is 11.1. The maximum absolute atomic E-state index is 11.1. The van der Waals surface area contributed by atoms with Gasteiger partial charge in [0.1, 0.15) is 0 Å². The molecule has 1 atom stereocenters. The van der Waals surface area contributed by atoms with E-state index < -0.39 is 0 Å².